The van der Waals surface area contributed by atoms with Crippen molar-refractivity contribution in [2.45, 2.75) is 26.7 Å². The lowest BCUT2D eigenvalue weighted by Gasteiger charge is -2.31. The standard InChI is InChI=1S/C11H17N3O2/c1-8-7-9(16-14-8)13-10(15)11(2)3-5-12-6-4-11/h7,12H,3-6H2,1-2H3,(H,13,15). The molecule has 1 fully saturated rings. The predicted molar refractivity (Wildman–Crippen MR) is 60.1 cm³/mol. The molecule has 0 aromatic carbocycles. The number of carbonyl (C=O) groups excluding carboxylic acids is 1. The average molecular weight is 223 g/mol. The van der Waals surface area contributed by atoms with E-state index in [1.165, 1.54) is 0 Å². The summed E-state index contributed by atoms with van der Waals surface area (Å²) in [5.74, 6) is 0.451. The number of hydrogen-bond donors (Lipinski definition) is 2. The molecule has 88 valence electrons. The summed E-state index contributed by atoms with van der Waals surface area (Å²) >= 11 is 0. The molecule has 2 heterocycles. The van der Waals surface area contributed by atoms with E-state index in [9.17, 15) is 4.79 Å². The summed E-state index contributed by atoms with van der Waals surface area (Å²) in [7, 11) is 0. The van der Waals surface area contributed by atoms with Gasteiger partial charge in [-0.05, 0) is 32.9 Å². The third kappa shape index (κ3) is 2.24. The Labute approximate surface area is 94.6 Å². The predicted octanol–water partition coefficient (Wildman–Crippen LogP) is 1.31. The van der Waals surface area contributed by atoms with Crippen molar-refractivity contribution in [3.63, 3.8) is 0 Å². The number of piperidine rings is 1. The van der Waals surface area contributed by atoms with Crippen molar-refractivity contribution >= 4 is 11.8 Å². The van der Waals surface area contributed by atoms with Gasteiger partial charge in [-0.3, -0.25) is 10.1 Å². The number of hydrogen-bond acceptors (Lipinski definition) is 4. The maximum Gasteiger partial charge on any atom is 0.232 e. The van der Waals surface area contributed by atoms with Crippen molar-refractivity contribution < 1.29 is 9.32 Å². The van der Waals surface area contributed by atoms with Crippen LogP contribution < -0.4 is 10.6 Å². The molecule has 1 aromatic heterocycles. The number of anilines is 1. The number of nitrogens with one attached hydrogen (secondary N) is 2. The summed E-state index contributed by atoms with van der Waals surface area (Å²) in [6.45, 7) is 5.59. The van der Waals surface area contributed by atoms with Crippen molar-refractivity contribution in [1.82, 2.24) is 10.5 Å². The molecule has 0 aliphatic carbocycles. The van der Waals surface area contributed by atoms with Gasteiger partial charge in [-0.2, -0.15) is 0 Å². The molecule has 16 heavy (non-hydrogen) atoms. The quantitative estimate of drug-likeness (QED) is 0.793. The van der Waals surface area contributed by atoms with Gasteiger partial charge in [0.15, 0.2) is 0 Å². The first-order valence-corrected chi connectivity index (χ1v) is 5.56. The number of amides is 1. The zero-order valence-electron chi connectivity index (χ0n) is 9.67. The van der Waals surface area contributed by atoms with Crippen molar-refractivity contribution in [2.24, 2.45) is 5.41 Å². The van der Waals surface area contributed by atoms with Crippen LogP contribution in [0.2, 0.25) is 0 Å². The first-order chi connectivity index (χ1) is 7.60. The van der Waals surface area contributed by atoms with Gasteiger partial charge >= 0.3 is 0 Å². The number of aryl methyl sites for hydroxylation is 1. The highest BCUT2D eigenvalue weighted by atomic mass is 16.5. The highest BCUT2D eigenvalue weighted by Crippen LogP contribution is 2.29. The lowest BCUT2D eigenvalue weighted by Crippen LogP contribution is -2.42. The molecule has 1 saturated heterocycles. The van der Waals surface area contributed by atoms with Gasteiger partial charge < -0.3 is 9.84 Å². The van der Waals surface area contributed by atoms with Crippen LogP contribution in [0.1, 0.15) is 25.5 Å². The smallest absolute Gasteiger partial charge is 0.232 e. The van der Waals surface area contributed by atoms with E-state index in [1.807, 2.05) is 13.8 Å². The summed E-state index contributed by atoms with van der Waals surface area (Å²) in [6.07, 6.45) is 1.71. The third-order valence-corrected chi connectivity index (χ3v) is 3.12. The van der Waals surface area contributed by atoms with E-state index in [4.69, 9.17) is 4.52 Å². The molecule has 5 heteroatoms. The second kappa shape index (κ2) is 4.25. The molecule has 0 spiro atoms. The van der Waals surface area contributed by atoms with Gasteiger partial charge in [-0.15, -0.1) is 0 Å². The molecule has 1 aliphatic heterocycles. The molecule has 0 radical (unpaired) electrons. The Kier molecular flexibility index (Phi) is 2.96. The van der Waals surface area contributed by atoms with E-state index in [2.05, 4.69) is 15.8 Å². The van der Waals surface area contributed by atoms with Gasteiger partial charge in [0, 0.05) is 11.5 Å². The van der Waals surface area contributed by atoms with Crippen LogP contribution in [0.4, 0.5) is 5.88 Å². The minimum absolute atomic E-state index is 0.0187. The van der Waals surface area contributed by atoms with Crippen LogP contribution in [-0.4, -0.2) is 24.2 Å². The largest absolute Gasteiger partial charge is 0.338 e. The molecule has 1 amide bonds. The molecule has 2 rings (SSSR count). The van der Waals surface area contributed by atoms with Crippen molar-refractivity contribution in [3.05, 3.63) is 11.8 Å². The van der Waals surface area contributed by atoms with Gasteiger partial charge in [0.25, 0.3) is 0 Å². The van der Waals surface area contributed by atoms with E-state index in [0.29, 0.717) is 5.88 Å². The Morgan fingerprint density at radius 1 is 1.56 bits per heavy atom. The van der Waals surface area contributed by atoms with Gasteiger partial charge in [-0.1, -0.05) is 12.1 Å². The van der Waals surface area contributed by atoms with Crippen LogP contribution in [0, 0.1) is 12.3 Å². The van der Waals surface area contributed by atoms with Crippen LogP contribution in [0.3, 0.4) is 0 Å². The number of nitrogens with zero attached hydrogens (tertiary/aromatic N) is 1. The van der Waals surface area contributed by atoms with Crippen molar-refractivity contribution in [2.75, 3.05) is 18.4 Å². The van der Waals surface area contributed by atoms with Crippen molar-refractivity contribution in [3.8, 4) is 0 Å². The molecular weight excluding hydrogens is 206 g/mol. The Balaban J connectivity index is 2.01. The maximum absolute atomic E-state index is 12.1. The lowest BCUT2D eigenvalue weighted by atomic mass is 9.80. The molecule has 0 saturated carbocycles. The minimum atomic E-state index is -0.300. The zero-order chi connectivity index (χ0) is 11.6. The minimum Gasteiger partial charge on any atom is -0.338 e. The van der Waals surface area contributed by atoms with Gasteiger partial charge in [0.1, 0.15) is 0 Å². The molecule has 1 aromatic rings. The average Bonchev–Trinajstić information content (AvgIpc) is 2.65. The molecule has 5 nitrogen and oxygen atoms in total. The Morgan fingerprint density at radius 2 is 2.25 bits per heavy atom. The normalized spacial score (nSPS) is 19.4. The van der Waals surface area contributed by atoms with Gasteiger partial charge in [-0.25, -0.2) is 0 Å². The SMILES string of the molecule is Cc1cc(NC(=O)C2(C)CCNCC2)on1. The summed E-state index contributed by atoms with van der Waals surface area (Å²) in [6, 6.07) is 1.72. The maximum atomic E-state index is 12.1. The van der Waals surface area contributed by atoms with E-state index >= 15 is 0 Å². The summed E-state index contributed by atoms with van der Waals surface area (Å²) in [5.41, 5.74) is 0.470. The summed E-state index contributed by atoms with van der Waals surface area (Å²) < 4.78 is 4.97. The lowest BCUT2D eigenvalue weighted by molar-refractivity contribution is -0.126. The van der Waals surface area contributed by atoms with E-state index in [0.717, 1.165) is 31.6 Å². The molecule has 0 bridgehead atoms. The second-order valence-corrected chi connectivity index (χ2v) is 4.60. The van der Waals surface area contributed by atoms with Crippen LogP contribution in [0.5, 0.6) is 0 Å². The van der Waals surface area contributed by atoms with E-state index in [1.54, 1.807) is 6.07 Å². The molecule has 2 N–H and O–H groups in total. The molecular formula is C11H17N3O2. The summed E-state index contributed by atoms with van der Waals surface area (Å²) in [4.78, 5) is 12.1. The van der Waals surface area contributed by atoms with Gasteiger partial charge in [0.2, 0.25) is 11.8 Å². The van der Waals surface area contributed by atoms with Crippen molar-refractivity contribution in [1.29, 1.82) is 0 Å². The topological polar surface area (TPSA) is 67.2 Å². The Bertz CT molecular complexity index is 380. The third-order valence-electron chi connectivity index (χ3n) is 3.12. The zero-order valence-corrected chi connectivity index (χ0v) is 9.67. The monoisotopic (exact) mass is 223 g/mol. The first-order valence-electron chi connectivity index (χ1n) is 5.56. The van der Waals surface area contributed by atoms with Crippen LogP contribution in [0.25, 0.3) is 0 Å². The molecule has 0 unspecified atom stereocenters. The number of carbonyl (C=O) groups is 1. The molecule has 1 aliphatic rings. The van der Waals surface area contributed by atoms with Gasteiger partial charge in [0.05, 0.1) is 5.69 Å². The fraction of sp³-hybridized carbons (Fsp3) is 0.636. The highest BCUT2D eigenvalue weighted by molar-refractivity contribution is 5.94. The van der Waals surface area contributed by atoms with Crippen LogP contribution in [-0.2, 0) is 4.79 Å². The first kappa shape index (κ1) is 11.1. The Hall–Kier alpha value is -1.36. The number of aromatic nitrogens is 1. The summed E-state index contributed by atoms with van der Waals surface area (Å²) in [5, 5.41) is 9.76. The van der Waals surface area contributed by atoms with E-state index < -0.39 is 0 Å². The second-order valence-electron chi connectivity index (χ2n) is 4.60. The Morgan fingerprint density at radius 3 is 2.81 bits per heavy atom. The van der Waals surface area contributed by atoms with Crippen LogP contribution in [0.15, 0.2) is 10.6 Å². The number of rotatable bonds is 2. The molecule has 0 atom stereocenters. The highest BCUT2D eigenvalue weighted by Gasteiger charge is 2.34. The fourth-order valence-electron chi connectivity index (χ4n) is 1.89. The van der Waals surface area contributed by atoms with Crippen LogP contribution >= 0.6 is 0 Å². The fourth-order valence-corrected chi connectivity index (χ4v) is 1.89. The van der Waals surface area contributed by atoms with E-state index in [-0.39, 0.29) is 11.3 Å².